The standard InChI is InChI=1S/C21H24N2O4S/c1-3-12-26-18-10-8-17(9-11-18)22-21(28)23-20(24)16-6-5-7-19(15-16)27-14-13-25-4-2/h3,5-11,15H,1,4,12-14H2,2H3,(H2,22,23,24,28). The van der Waals surface area contributed by atoms with Gasteiger partial charge in [0.05, 0.1) is 6.61 Å². The van der Waals surface area contributed by atoms with Crippen LogP contribution in [-0.4, -0.2) is 37.4 Å². The molecule has 6 nitrogen and oxygen atoms in total. The summed E-state index contributed by atoms with van der Waals surface area (Å²) >= 11 is 5.21. The topological polar surface area (TPSA) is 68.8 Å². The zero-order chi connectivity index (χ0) is 20.2. The molecule has 2 aromatic rings. The Hall–Kier alpha value is -2.90. The van der Waals surface area contributed by atoms with Crippen LogP contribution in [0, 0.1) is 0 Å². The molecule has 0 heterocycles. The van der Waals surface area contributed by atoms with Gasteiger partial charge in [-0.05, 0) is 61.6 Å². The van der Waals surface area contributed by atoms with E-state index >= 15 is 0 Å². The summed E-state index contributed by atoms with van der Waals surface area (Å²) < 4.78 is 16.2. The lowest BCUT2D eigenvalue weighted by Gasteiger charge is -2.11. The van der Waals surface area contributed by atoms with E-state index in [1.807, 2.05) is 19.1 Å². The summed E-state index contributed by atoms with van der Waals surface area (Å²) in [5, 5.41) is 5.82. The van der Waals surface area contributed by atoms with Gasteiger partial charge in [0.15, 0.2) is 5.11 Å². The van der Waals surface area contributed by atoms with Crippen LogP contribution in [0.4, 0.5) is 5.69 Å². The zero-order valence-corrected chi connectivity index (χ0v) is 16.6. The highest BCUT2D eigenvalue weighted by atomic mass is 32.1. The molecule has 0 fully saturated rings. The molecule has 1 amide bonds. The summed E-state index contributed by atoms with van der Waals surface area (Å²) in [6.45, 7) is 7.53. The number of anilines is 1. The molecule has 7 heteroatoms. The van der Waals surface area contributed by atoms with Crippen LogP contribution < -0.4 is 20.1 Å². The van der Waals surface area contributed by atoms with Crippen LogP contribution in [0.15, 0.2) is 61.2 Å². The van der Waals surface area contributed by atoms with Crippen LogP contribution in [0.3, 0.4) is 0 Å². The van der Waals surface area contributed by atoms with Gasteiger partial charge in [-0.25, -0.2) is 0 Å². The van der Waals surface area contributed by atoms with E-state index in [1.165, 1.54) is 0 Å². The van der Waals surface area contributed by atoms with E-state index in [1.54, 1.807) is 42.5 Å². The van der Waals surface area contributed by atoms with Crippen LogP contribution in [0.1, 0.15) is 17.3 Å². The second kappa shape index (κ2) is 11.7. The van der Waals surface area contributed by atoms with Crippen LogP contribution in [0.5, 0.6) is 11.5 Å². The van der Waals surface area contributed by atoms with E-state index in [0.29, 0.717) is 37.7 Å². The van der Waals surface area contributed by atoms with Crippen LogP contribution in [0.2, 0.25) is 0 Å². The molecule has 0 aromatic heterocycles. The number of rotatable bonds is 10. The zero-order valence-electron chi connectivity index (χ0n) is 15.8. The molecule has 0 aliphatic heterocycles. The van der Waals surface area contributed by atoms with Crippen molar-refractivity contribution in [2.45, 2.75) is 6.92 Å². The average Bonchev–Trinajstić information content (AvgIpc) is 2.71. The molecular formula is C21H24N2O4S. The van der Waals surface area contributed by atoms with Gasteiger partial charge < -0.3 is 19.5 Å². The van der Waals surface area contributed by atoms with Crippen molar-refractivity contribution in [3.63, 3.8) is 0 Å². The van der Waals surface area contributed by atoms with Gasteiger partial charge in [-0.15, -0.1) is 0 Å². The molecule has 2 N–H and O–H groups in total. The molecule has 0 bridgehead atoms. The Balaban J connectivity index is 1.86. The third kappa shape index (κ3) is 7.38. The molecule has 148 valence electrons. The minimum atomic E-state index is -0.321. The maximum atomic E-state index is 12.4. The first-order valence-electron chi connectivity index (χ1n) is 8.89. The van der Waals surface area contributed by atoms with Gasteiger partial charge in [0.1, 0.15) is 24.7 Å². The summed E-state index contributed by atoms with van der Waals surface area (Å²) in [6.07, 6.45) is 1.68. The lowest BCUT2D eigenvalue weighted by molar-refractivity contribution is 0.0976. The van der Waals surface area contributed by atoms with Crippen molar-refractivity contribution >= 4 is 28.9 Å². The Bertz CT molecular complexity index is 793. The monoisotopic (exact) mass is 400 g/mol. The maximum Gasteiger partial charge on any atom is 0.257 e. The van der Waals surface area contributed by atoms with Crippen molar-refractivity contribution in [3.05, 3.63) is 66.7 Å². The Morgan fingerprint density at radius 3 is 2.61 bits per heavy atom. The second-order valence-corrected chi connectivity index (χ2v) is 6.01. The fraction of sp³-hybridized carbons (Fsp3) is 0.238. The molecule has 28 heavy (non-hydrogen) atoms. The average molecular weight is 401 g/mol. The van der Waals surface area contributed by atoms with Crippen molar-refractivity contribution in [2.24, 2.45) is 0 Å². The van der Waals surface area contributed by atoms with E-state index < -0.39 is 0 Å². The number of hydrogen-bond donors (Lipinski definition) is 2. The van der Waals surface area contributed by atoms with Crippen molar-refractivity contribution in [1.29, 1.82) is 0 Å². The fourth-order valence-corrected chi connectivity index (χ4v) is 2.43. The first kappa shape index (κ1) is 21.4. The number of hydrogen-bond acceptors (Lipinski definition) is 5. The minimum absolute atomic E-state index is 0.201. The fourth-order valence-electron chi connectivity index (χ4n) is 2.22. The van der Waals surface area contributed by atoms with E-state index in [-0.39, 0.29) is 11.0 Å². The molecule has 0 aliphatic carbocycles. The highest BCUT2D eigenvalue weighted by molar-refractivity contribution is 7.80. The SMILES string of the molecule is C=CCOc1ccc(NC(=S)NC(=O)c2cccc(OCCOCC)c2)cc1. The molecule has 0 atom stereocenters. The third-order valence-corrected chi connectivity index (χ3v) is 3.71. The van der Waals surface area contributed by atoms with Crippen LogP contribution in [-0.2, 0) is 4.74 Å². The molecule has 0 unspecified atom stereocenters. The van der Waals surface area contributed by atoms with Crippen LogP contribution in [0.25, 0.3) is 0 Å². The summed E-state index contributed by atoms with van der Waals surface area (Å²) in [7, 11) is 0. The summed E-state index contributed by atoms with van der Waals surface area (Å²) in [5.74, 6) is 1.00. The smallest absolute Gasteiger partial charge is 0.257 e. The van der Waals surface area contributed by atoms with E-state index in [9.17, 15) is 4.79 Å². The van der Waals surface area contributed by atoms with Crippen molar-refractivity contribution < 1.29 is 19.0 Å². The predicted octanol–water partition coefficient (Wildman–Crippen LogP) is 3.79. The number of carbonyl (C=O) groups is 1. The molecule has 2 aromatic carbocycles. The number of amides is 1. The Morgan fingerprint density at radius 1 is 1.11 bits per heavy atom. The van der Waals surface area contributed by atoms with Gasteiger partial charge in [-0.3, -0.25) is 10.1 Å². The number of benzene rings is 2. The van der Waals surface area contributed by atoms with Gasteiger partial charge in [-0.1, -0.05) is 18.7 Å². The first-order valence-corrected chi connectivity index (χ1v) is 9.30. The van der Waals surface area contributed by atoms with E-state index in [4.69, 9.17) is 26.4 Å². The van der Waals surface area contributed by atoms with E-state index in [0.717, 1.165) is 11.4 Å². The van der Waals surface area contributed by atoms with Gasteiger partial charge in [0, 0.05) is 17.9 Å². The lowest BCUT2D eigenvalue weighted by Crippen LogP contribution is -2.34. The highest BCUT2D eigenvalue weighted by Gasteiger charge is 2.09. The van der Waals surface area contributed by atoms with Crippen molar-refractivity contribution in [1.82, 2.24) is 5.32 Å². The Labute approximate surface area is 170 Å². The lowest BCUT2D eigenvalue weighted by atomic mass is 10.2. The summed E-state index contributed by atoms with van der Waals surface area (Å²) in [4.78, 5) is 12.4. The number of carbonyl (C=O) groups excluding carboxylic acids is 1. The predicted molar refractivity (Wildman–Crippen MR) is 114 cm³/mol. The van der Waals surface area contributed by atoms with Gasteiger partial charge in [0.2, 0.25) is 0 Å². The van der Waals surface area contributed by atoms with Crippen LogP contribution >= 0.6 is 12.2 Å². The molecule has 0 saturated heterocycles. The Kier molecular flexibility index (Phi) is 8.97. The highest BCUT2D eigenvalue weighted by Crippen LogP contribution is 2.16. The largest absolute Gasteiger partial charge is 0.491 e. The van der Waals surface area contributed by atoms with Gasteiger partial charge >= 0.3 is 0 Å². The molecule has 2 rings (SSSR count). The summed E-state index contributed by atoms with van der Waals surface area (Å²) in [5.41, 5.74) is 1.19. The third-order valence-electron chi connectivity index (χ3n) is 3.50. The summed E-state index contributed by atoms with van der Waals surface area (Å²) in [6, 6.07) is 14.1. The van der Waals surface area contributed by atoms with Crippen molar-refractivity contribution in [2.75, 3.05) is 31.7 Å². The molecular weight excluding hydrogens is 376 g/mol. The quantitative estimate of drug-likeness (QED) is 0.359. The number of nitrogens with one attached hydrogen (secondary N) is 2. The van der Waals surface area contributed by atoms with Gasteiger partial charge in [-0.2, -0.15) is 0 Å². The minimum Gasteiger partial charge on any atom is -0.491 e. The number of thiocarbonyl (C=S) groups is 1. The van der Waals surface area contributed by atoms with E-state index in [2.05, 4.69) is 17.2 Å². The first-order chi connectivity index (χ1) is 13.6. The number of ether oxygens (including phenoxy) is 3. The van der Waals surface area contributed by atoms with Gasteiger partial charge in [0.25, 0.3) is 5.91 Å². The molecule has 0 saturated carbocycles. The second-order valence-electron chi connectivity index (χ2n) is 5.61. The van der Waals surface area contributed by atoms with Crippen molar-refractivity contribution in [3.8, 4) is 11.5 Å². The Morgan fingerprint density at radius 2 is 1.89 bits per heavy atom. The molecule has 0 aliphatic rings. The normalized spacial score (nSPS) is 10.0. The molecule has 0 radical (unpaired) electrons. The molecule has 0 spiro atoms. The maximum absolute atomic E-state index is 12.4.